The van der Waals surface area contributed by atoms with Crippen LogP contribution in [0.3, 0.4) is 0 Å². The number of ketones is 1. The molecule has 1 atom stereocenters. The second-order valence-corrected chi connectivity index (χ2v) is 4.71. The van der Waals surface area contributed by atoms with E-state index in [9.17, 15) is 14.4 Å². The fourth-order valence-corrected chi connectivity index (χ4v) is 2.58. The van der Waals surface area contributed by atoms with Crippen LogP contribution in [0, 0.1) is 5.92 Å². The van der Waals surface area contributed by atoms with Gasteiger partial charge in [0.05, 0.1) is 12.3 Å². The minimum atomic E-state index is -1.09. The quantitative estimate of drug-likeness (QED) is 0.910. The van der Waals surface area contributed by atoms with Crippen LogP contribution in [0.25, 0.3) is 0 Å². The van der Waals surface area contributed by atoms with Crippen molar-refractivity contribution in [2.24, 2.45) is 5.92 Å². The predicted octanol–water partition coefficient (Wildman–Crippen LogP) is 1.99. The van der Waals surface area contributed by atoms with E-state index in [0.717, 1.165) is 0 Å². The van der Waals surface area contributed by atoms with E-state index < -0.39 is 11.9 Å². The highest BCUT2D eigenvalue weighted by atomic mass is 16.4. The van der Waals surface area contributed by atoms with Crippen LogP contribution in [0.2, 0.25) is 0 Å². The molecule has 2 rings (SSSR count). The number of hydrogen-bond donors (Lipinski definition) is 1. The maximum atomic E-state index is 12.4. The lowest BCUT2D eigenvalue weighted by Crippen LogP contribution is -2.29. The van der Waals surface area contributed by atoms with Crippen LogP contribution in [0.1, 0.15) is 20.3 Å². The number of anilines is 1. The highest BCUT2D eigenvalue weighted by molar-refractivity contribution is 6.13. The number of aliphatic carboxylic acids is 1. The van der Waals surface area contributed by atoms with Gasteiger partial charge in [0.15, 0.2) is 5.78 Å². The van der Waals surface area contributed by atoms with Crippen molar-refractivity contribution in [3.8, 4) is 0 Å². The molecule has 104 valence electrons. The van der Waals surface area contributed by atoms with E-state index >= 15 is 0 Å². The van der Waals surface area contributed by atoms with Crippen molar-refractivity contribution in [1.29, 1.82) is 0 Å². The summed E-state index contributed by atoms with van der Waals surface area (Å²) in [4.78, 5) is 36.5. The van der Waals surface area contributed by atoms with E-state index in [1.165, 1.54) is 11.8 Å². The molecule has 1 aliphatic rings. The van der Waals surface area contributed by atoms with Gasteiger partial charge in [0.25, 0.3) is 0 Å². The number of para-hydroxylation sites is 1. The first-order valence-electron chi connectivity index (χ1n) is 6.26. The molecule has 1 aliphatic heterocycles. The lowest BCUT2D eigenvalue weighted by Gasteiger charge is -2.18. The maximum absolute atomic E-state index is 12.4. The Hall–Kier alpha value is -2.43. The molecule has 1 amide bonds. The number of amides is 1. The van der Waals surface area contributed by atoms with Crippen molar-refractivity contribution in [3.05, 3.63) is 41.6 Å². The molecule has 0 spiro atoms. The van der Waals surface area contributed by atoms with Gasteiger partial charge >= 0.3 is 5.97 Å². The van der Waals surface area contributed by atoms with Gasteiger partial charge < -0.3 is 5.11 Å². The Morgan fingerprint density at radius 2 is 1.85 bits per heavy atom. The summed E-state index contributed by atoms with van der Waals surface area (Å²) in [5, 5.41) is 8.93. The van der Waals surface area contributed by atoms with Crippen molar-refractivity contribution in [1.82, 2.24) is 0 Å². The van der Waals surface area contributed by atoms with Crippen LogP contribution in [-0.2, 0) is 14.4 Å². The first-order valence-corrected chi connectivity index (χ1v) is 6.26. The molecule has 5 nitrogen and oxygen atoms in total. The lowest BCUT2D eigenvalue weighted by molar-refractivity contribution is -0.139. The van der Waals surface area contributed by atoms with Crippen molar-refractivity contribution < 1.29 is 19.5 Å². The van der Waals surface area contributed by atoms with Gasteiger partial charge in [0.1, 0.15) is 0 Å². The van der Waals surface area contributed by atoms with Gasteiger partial charge in [-0.15, -0.1) is 0 Å². The first kappa shape index (κ1) is 14.0. The molecule has 1 aromatic rings. The molecule has 1 unspecified atom stereocenters. The molecule has 0 aromatic heterocycles. The van der Waals surface area contributed by atoms with E-state index in [2.05, 4.69) is 0 Å². The summed E-state index contributed by atoms with van der Waals surface area (Å²) in [6.45, 7) is 3.03. The van der Waals surface area contributed by atoms with Gasteiger partial charge in [-0.25, -0.2) is 0 Å². The van der Waals surface area contributed by atoms with E-state index in [0.29, 0.717) is 17.0 Å². The number of carbonyl (C=O) groups is 3. The Kier molecular flexibility index (Phi) is 3.70. The topological polar surface area (TPSA) is 74.7 Å². The minimum Gasteiger partial charge on any atom is -0.481 e. The zero-order valence-electron chi connectivity index (χ0n) is 11.3. The second-order valence-electron chi connectivity index (χ2n) is 4.71. The molecule has 0 saturated heterocycles. The Bertz CT molecular complexity index is 604. The lowest BCUT2D eigenvalue weighted by atomic mass is 9.94. The zero-order chi connectivity index (χ0) is 14.9. The number of carboxylic acid groups (broad SMARTS) is 1. The summed E-state index contributed by atoms with van der Waals surface area (Å²) in [6, 6.07) is 8.90. The number of allylic oxidation sites excluding steroid dienone is 1. The molecule has 1 aromatic carbocycles. The summed E-state index contributed by atoms with van der Waals surface area (Å²) in [6.07, 6.45) is -0.367. The van der Waals surface area contributed by atoms with Crippen LogP contribution < -0.4 is 4.90 Å². The van der Waals surface area contributed by atoms with E-state index in [-0.39, 0.29) is 18.1 Å². The summed E-state index contributed by atoms with van der Waals surface area (Å²) in [5.74, 6) is -2.61. The van der Waals surface area contributed by atoms with E-state index in [1.54, 1.807) is 31.2 Å². The molecular formula is C15H15NO4. The SMILES string of the molecule is CC(=O)C1=C(C)N(c2ccccc2)C(=O)C1CC(=O)O. The van der Waals surface area contributed by atoms with Crippen molar-refractivity contribution >= 4 is 23.3 Å². The van der Waals surface area contributed by atoms with Gasteiger partial charge in [0, 0.05) is 17.0 Å². The third-order valence-electron chi connectivity index (χ3n) is 3.36. The number of carboxylic acids is 1. The zero-order valence-corrected chi connectivity index (χ0v) is 11.3. The van der Waals surface area contributed by atoms with E-state index in [4.69, 9.17) is 5.11 Å². The number of benzene rings is 1. The van der Waals surface area contributed by atoms with Crippen molar-refractivity contribution in [3.63, 3.8) is 0 Å². The van der Waals surface area contributed by atoms with E-state index in [1.807, 2.05) is 6.07 Å². The predicted molar refractivity (Wildman–Crippen MR) is 73.1 cm³/mol. The summed E-state index contributed by atoms with van der Waals surface area (Å²) >= 11 is 0. The van der Waals surface area contributed by atoms with Crippen molar-refractivity contribution in [2.45, 2.75) is 20.3 Å². The van der Waals surface area contributed by atoms with Crippen LogP contribution in [0.5, 0.6) is 0 Å². The van der Waals surface area contributed by atoms with Crippen LogP contribution >= 0.6 is 0 Å². The number of rotatable bonds is 4. The van der Waals surface area contributed by atoms with Crippen LogP contribution in [0.15, 0.2) is 41.6 Å². The molecule has 1 heterocycles. The molecule has 1 N–H and O–H groups in total. The molecular weight excluding hydrogens is 258 g/mol. The highest BCUT2D eigenvalue weighted by Gasteiger charge is 2.41. The Balaban J connectivity index is 2.48. The average molecular weight is 273 g/mol. The maximum Gasteiger partial charge on any atom is 0.304 e. The molecule has 0 radical (unpaired) electrons. The molecule has 20 heavy (non-hydrogen) atoms. The van der Waals surface area contributed by atoms with Crippen LogP contribution in [0.4, 0.5) is 5.69 Å². The van der Waals surface area contributed by atoms with Gasteiger partial charge in [0.2, 0.25) is 5.91 Å². The standard InChI is InChI=1S/C15H15NO4/c1-9-14(10(2)17)12(8-13(18)19)15(20)16(9)11-6-4-3-5-7-11/h3-7,12H,8H2,1-2H3,(H,18,19). The van der Waals surface area contributed by atoms with Gasteiger partial charge in [-0.05, 0) is 26.0 Å². The monoisotopic (exact) mass is 273 g/mol. The van der Waals surface area contributed by atoms with Gasteiger partial charge in [-0.2, -0.15) is 0 Å². The Labute approximate surface area is 116 Å². The minimum absolute atomic E-state index is 0.263. The third-order valence-corrected chi connectivity index (χ3v) is 3.36. The fourth-order valence-electron chi connectivity index (χ4n) is 2.58. The molecule has 0 bridgehead atoms. The first-order chi connectivity index (χ1) is 9.43. The van der Waals surface area contributed by atoms with Crippen LogP contribution in [-0.4, -0.2) is 22.8 Å². The molecule has 5 heteroatoms. The molecule has 0 fully saturated rings. The highest BCUT2D eigenvalue weighted by Crippen LogP contribution is 2.35. The van der Waals surface area contributed by atoms with Gasteiger partial charge in [-0.1, -0.05) is 18.2 Å². The summed E-state index contributed by atoms with van der Waals surface area (Å²) < 4.78 is 0. The Morgan fingerprint density at radius 3 is 2.35 bits per heavy atom. The molecule has 0 saturated carbocycles. The van der Waals surface area contributed by atoms with Crippen molar-refractivity contribution in [2.75, 3.05) is 4.90 Å². The number of carbonyl (C=O) groups excluding carboxylic acids is 2. The third kappa shape index (κ3) is 2.34. The second kappa shape index (κ2) is 5.28. The smallest absolute Gasteiger partial charge is 0.304 e. The number of Topliss-reactive ketones (excluding diaryl/α,β-unsaturated/α-hetero) is 1. The normalized spacial score (nSPS) is 18.6. The largest absolute Gasteiger partial charge is 0.481 e. The summed E-state index contributed by atoms with van der Waals surface area (Å²) in [7, 11) is 0. The Morgan fingerprint density at radius 1 is 1.25 bits per heavy atom. The average Bonchev–Trinajstić information content (AvgIpc) is 2.61. The summed E-state index contributed by atoms with van der Waals surface area (Å²) in [5.41, 5.74) is 1.45. The fraction of sp³-hybridized carbons (Fsp3) is 0.267. The molecule has 0 aliphatic carbocycles. The van der Waals surface area contributed by atoms with Gasteiger partial charge in [-0.3, -0.25) is 19.3 Å². The number of nitrogens with zero attached hydrogens (tertiary/aromatic N) is 1. The number of hydrogen-bond acceptors (Lipinski definition) is 3.